The number of carbonyl (C=O) groups excluding carboxylic acids is 1. The molecule has 0 bridgehead atoms. The number of pyridine rings is 1. The number of rotatable bonds is 4. The van der Waals surface area contributed by atoms with Crippen molar-refractivity contribution in [2.45, 2.75) is 19.8 Å². The minimum Gasteiger partial charge on any atom is -0.298 e. The molecule has 2 rings (SSSR count). The average molecular weight is 225 g/mol. The van der Waals surface area contributed by atoms with Crippen LogP contribution in [-0.4, -0.2) is 11.3 Å². The first-order valence-corrected chi connectivity index (χ1v) is 5.79. The summed E-state index contributed by atoms with van der Waals surface area (Å²) in [7, 11) is 0. The second-order valence-electron chi connectivity index (χ2n) is 4.04. The fraction of sp³-hybridized carbons (Fsp3) is 0.200. The first kappa shape index (κ1) is 11.5. The van der Waals surface area contributed by atoms with E-state index in [1.54, 1.807) is 12.4 Å². The van der Waals surface area contributed by atoms with Gasteiger partial charge < -0.3 is 0 Å². The van der Waals surface area contributed by atoms with Crippen LogP contribution in [0, 0.1) is 0 Å². The van der Waals surface area contributed by atoms with Crippen molar-refractivity contribution < 1.29 is 4.79 Å². The maximum atomic E-state index is 10.9. The Balaban J connectivity index is 2.22. The van der Waals surface area contributed by atoms with Crippen LogP contribution >= 0.6 is 0 Å². The molecule has 1 heterocycles. The van der Waals surface area contributed by atoms with Gasteiger partial charge in [0.15, 0.2) is 6.29 Å². The molecule has 2 aromatic rings. The van der Waals surface area contributed by atoms with Crippen LogP contribution in [-0.2, 0) is 12.8 Å². The van der Waals surface area contributed by atoms with Gasteiger partial charge in [-0.3, -0.25) is 9.78 Å². The van der Waals surface area contributed by atoms with Crippen molar-refractivity contribution in [3.63, 3.8) is 0 Å². The van der Waals surface area contributed by atoms with E-state index in [4.69, 9.17) is 0 Å². The Morgan fingerprint density at radius 2 is 1.82 bits per heavy atom. The van der Waals surface area contributed by atoms with Gasteiger partial charge in [-0.1, -0.05) is 31.2 Å². The smallest absolute Gasteiger partial charge is 0.151 e. The molecule has 1 aromatic carbocycles. The molecule has 2 nitrogen and oxygen atoms in total. The summed E-state index contributed by atoms with van der Waals surface area (Å²) >= 11 is 0. The predicted octanol–water partition coefficient (Wildman–Crippen LogP) is 3.05. The summed E-state index contributed by atoms with van der Waals surface area (Å²) < 4.78 is 0. The average Bonchev–Trinajstić information content (AvgIpc) is 2.40. The predicted molar refractivity (Wildman–Crippen MR) is 68.3 cm³/mol. The second kappa shape index (κ2) is 5.39. The molecule has 0 aliphatic heterocycles. The number of carbonyl (C=O) groups is 1. The maximum Gasteiger partial charge on any atom is 0.151 e. The maximum absolute atomic E-state index is 10.9. The molecule has 0 atom stereocenters. The van der Waals surface area contributed by atoms with Crippen molar-refractivity contribution in [2.75, 3.05) is 0 Å². The monoisotopic (exact) mass is 225 g/mol. The Morgan fingerprint density at radius 1 is 1.12 bits per heavy atom. The molecule has 0 saturated heterocycles. The summed E-state index contributed by atoms with van der Waals surface area (Å²) in [4.78, 5) is 14.8. The zero-order chi connectivity index (χ0) is 12.1. The minimum atomic E-state index is 0.673. The van der Waals surface area contributed by atoms with Gasteiger partial charge in [-0.05, 0) is 35.6 Å². The first-order chi connectivity index (χ1) is 8.33. The van der Waals surface area contributed by atoms with Gasteiger partial charge in [0, 0.05) is 18.0 Å². The van der Waals surface area contributed by atoms with Gasteiger partial charge in [-0.25, -0.2) is 0 Å². The summed E-state index contributed by atoms with van der Waals surface area (Å²) in [6.45, 7) is 2.14. The van der Waals surface area contributed by atoms with Gasteiger partial charge in [-0.15, -0.1) is 0 Å². The highest BCUT2D eigenvalue weighted by atomic mass is 16.1. The normalized spacial score (nSPS) is 10.2. The van der Waals surface area contributed by atoms with Gasteiger partial charge in [-0.2, -0.15) is 0 Å². The molecule has 0 aliphatic carbocycles. The van der Waals surface area contributed by atoms with Crippen LogP contribution in [0.15, 0.2) is 42.7 Å². The van der Waals surface area contributed by atoms with Crippen LogP contribution in [0.2, 0.25) is 0 Å². The van der Waals surface area contributed by atoms with Gasteiger partial charge in [0.25, 0.3) is 0 Å². The van der Waals surface area contributed by atoms with E-state index in [0.29, 0.717) is 5.56 Å². The highest BCUT2D eigenvalue weighted by Gasteiger charge is 2.02. The molecular weight excluding hydrogens is 210 g/mol. The molecule has 0 saturated carbocycles. The highest BCUT2D eigenvalue weighted by molar-refractivity contribution is 5.76. The zero-order valence-electron chi connectivity index (χ0n) is 9.89. The van der Waals surface area contributed by atoms with Crippen molar-refractivity contribution >= 4 is 6.29 Å². The minimum absolute atomic E-state index is 0.673. The van der Waals surface area contributed by atoms with E-state index in [0.717, 1.165) is 24.7 Å². The quantitative estimate of drug-likeness (QED) is 0.748. The van der Waals surface area contributed by atoms with Crippen molar-refractivity contribution in [1.29, 1.82) is 0 Å². The van der Waals surface area contributed by atoms with Gasteiger partial charge in [0.2, 0.25) is 0 Å². The molecule has 86 valence electrons. The van der Waals surface area contributed by atoms with Crippen molar-refractivity contribution in [3.05, 3.63) is 65.0 Å². The number of aromatic nitrogens is 1. The number of hydrogen-bond acceptors (Lipinski definition) is 2. The number of aldehydes is 1. The van der Waals surface area contributed by atoms with Crippen LogP contribution < -0.4 is 0 Å². The Kier molecular flexibility index (Phi) is 3.66. The summed E-state index contributed by atoms with van der Waals surface area (Å²) in [5.74, 6) is 0. The molecule has 2 heteroatoms. The summed E-state index contributed by atoms with van der Waals surface area (Å²) in [5.41, 5.74) is 4.25. The Bertz CT molecular complexity index is 503. The van der Waals surface area contributed by atoms with Crippen LogP contribution in [0.5, 0.6) is 0 Å². The van der Waals surface area contributed by atoms with Gasteiger partial charge in [0.1, 0.15) is 0 Å². The molecular formula is C15H15NO. The Labute approximate surface area is 101 Å². The molecule has 0 spiro atoms. The first-order valence-electron chi connectivity index (χ1n) is 5.79. The third kappa shape index (κ3) is 2.78. The van der Waals surface area contributed by atoms with E-state index >= 15 is 0 Å². The number of hydrogen-bond donors (Lipinski definition) is 0. The third-order valence-electron chi connectivity index (χ3n) is 2.90. The molecule has 0 aliphatic rings. The molecule has 0 fully saturated rings. The Hall–Kier alpha value is -1.96. The highest BCUT2D eigenvalue weighted by Crippen LogP contribution is 2.13. The van der Waals surface area contributed by atoms with Crippen LogP contribution in [0.1, 0.15) is 34.0 Å². The fourth-order valence-corrected chi connectivity index (χ4v) is 1.82. The lowest BCUT2D eigenvalue weighted by Gasteiger charge is -2.05. The lowest BCUT2D eigenvalue weighted by molar-refractivity contribution is 0.112. The van der Waals surface area contributed by atoms with Crippen molar-refractivity contribution in [2.24, 2.45) is 0 Å². The number of benzene rings is 1. The topological polar surface area (TPSA) is 30.0 Å². The van der Waals surface area contributed by atoms with E-state index in [2.05, 4.69) is 36.2 Å². The van der Waals surface area contributed by atoms with E-state index in [1.807, 2.05) is 6.07 Å². The van der Waals surface area contributed by atoms with Crippen molar-refractivity contribution in [1.82, 2.24) is 4.98 Å². The van der Waals surface area contributed by atoms with Crippen LogP contribution in [0.4, 0.5) is 0 Å². The molecule has 17 heavy (non-hydrogen) atoms. The molecule has 0 amide bonds. The van der Waals surface area contributed by atoms with E-state index < -0.39 is 0 Å². The molecule has 0 unspecified atom stereocenters. The SMILES string of the molecule is CCc1ccc(Cc2ccncc2C=O)cc1. The fourth-order valence-electron chi connectivity index (χ4n) is 1.82. The lowest BCUT2D eigenvalue weighted by Crippen LogP contribution is -1.95. The number of nitrogens with zero attached hydrogens (tertiary/aromatic N) is 1. The van der Waals surface area contributed by atoms with E-state index in [9.17, 15) is 4.79 Å². The van der Waals surface area contributed by atoms with Crippen LogP contribution in [0.25, 0.3) is 0 Å². The molecule has 1 aromatic heterocycles. The summed E-state index contributed by atoms with van der Waals surface area (Å²) in [5, 5.41) is 0. The zero-order valence-corrected chi connectivity index (χ0v) is 9.89. The molecule has 0 radical (unpaired) electrons. The van der Waals surface area contributed by atoms with Gasteiger partial charge in [0.05, 0.1) is 0 Å². The Morgan fingerprint density at radius 3 is 2.47 bits per heavy atom. The van der Waals surface area contributed by atoms with E-state index in [-0.39, 0.29) is 0 Å². The number of aryl methyl sites for hydroxylation is 1. The standard InChI is InChI=1S/C15H15NO/c1-2-12-3-5-13(6-4-12)9-14-7-8-16-10-15(14)11-17/h3-8,10-11H,2,9H2,1H3. The summed E-state index contributed by atoms with van der Waals surface area (Å²) in [6, 6.07) is 10.4. The van der Waals surface area contributed by atoms with Gasteiger partial charge >= 0.3 is 0 Å². The van der Waals surface area contributed by atoms with Crippen molar-refractivity contribution in [3.8, 4) is 0 Å². The van der Waals surface area contributed by atoms with E-state index in [1.165, 1.54) is 11.1 Å². The lowest BCUT2D eigenvalue weighted by atomic mass is 10.0. The summed E-state index contributed by atoms with van der Waals surface area (Å²) in [6.07, 6.45) is 6.03. The third-order valence-corrected chi connectivity index (χ3v) is 2.90. The second-order valence-corrected chi connectivity index (χ2v) is 4.04. The molecule has 0 N–H and O–H groups in total. The largest absolute Gasteiger partial charge is 0.298 e. The van der Waals surface area contributed by atoms with Crippen LogP contribution in [0.3, 0.4) is 0 Å².